The molecule has 0 aliphatic rings. The van der Waals surface area contributed by atoms with E-state index in [0.717, 1.165) is 15.4 Å². The summed E-state index contributed by atoms with van der Waals surface area (Å²) in [7, 11) is 0. The molecule has 0 bridgehead atoms. The first-order chi connectivity index (χ1) is 11.0. The first-order valence-electron chi connectivity index (χ1n) is 7.18. The molecule has 3 heterocycles. The second-order valence-electron chi connectivity index (χ2n) is 5.48. The van der Waals surface area contributed by atoms with Crippen LogP contribution in [0.15, 0.2) is 22.0 Å². The summed E-state index contributed by atoms with van der Waals surface area (Å²) in [4.78, 5) is 22.4. The third-order valence-electron chi connectivity index (χ3n) is 3.00. The van der Waals surface area contributed by atoms with E-state index in [2.05, 4.69) is 20.4 Å². The van der Waals surface area contributed by atoms with Gasteiger partial charge in [0.15, 0.2) is 5.13 Å². The Morgan fingerprint density at radius 2 is 2.22 bits per heavy atom. The van der Waals surface area contributed by atoms with E-state index in [4.69, 9.17) is 4.52 Å². The number of rotatable bonds is 5. The zero-order valence-corrected chi connectivity index (χ0v) is 14.6. The summed E-state index contributed by atoms with van der Waals surface area (Å²) >= 11 is 2.90. The van der Waals surface area contributed by atoms with E-state index in [1.165, 1.54) is 11.3 Å². The molecular weight excluding hydrogens is 332 g/mol. The monoisotopic (exact) mass is 348 g/mol. The third kappa shape index (κ3) is 3.65. The Labute approximate surface area is 141 Å². The predicted octanol–water partition coefficient (Wildman–Crippen LogP) is 4.21. The highest BCUT2D eigenvalue weighted by Crippen LogP contribution is 2.33. The van der Waals surface area contributed by atoms with Gasteiger partial charge in [0, 0.05) is 6.42 Å². The predicted molar refractivity (Wildman–Crippen MR) is 91.5 cm³/mol. The lowest BCUT2D eigenvalue weighted by atomic mass is 10.1. The fourth-order valence-electron chi connectivity index (χ4n) is 2.01. The van der Waals surface area contributed by atoms with Crippen LogP contribution in [0, 0.1) is 12.8 Å². The first kappa shape index (κ1) is 15.8. The number of thiazole rings is 1. The quantitative estimate of drug-likeness (QED) is 0.747. The normalized spacial score (nSPS) is 11.1. The number of hydrogen-bond donors (Lipinski definition) is 1. The van der Waals surface area contributed by atoms with Crippen LogP contribution in [0.1, 0.15) is 26.0 Å². The number of aryl methyl sites for hydroxylation is 1. The van der Waals surface area contributed by atoms with Crippen molar-refractivity contribution in [3.63, 3.8) is 0 Å². The van der Waals surface area contributed by atoms with E-state index >= 15 is 0 Å². The summed E-state index contributed by atoms with van der Waals surface area (Å²) in [5, 5.41) is 9.34. The first-order valence-corrected chi connectivity index (χ1v) is 8.87. The van der Waals surface area contributed by atoms with Gasteiger partial charge in [-0.3, -0.25) is 4.79 Å². The van der Waals surface area contributed by atoms with Crippen molar-refractivity contribution >= 4 is 33.7 Å². The lowest BCUT2D eigenvalue weighted by Crippen LogP contribution is -2.13. The fourth-order valence-corrected chi connectivity index (χ4v) is 3.56. The molecule has 0 radical (unpaired) electrons. The maximum Gasteiger partial charge on any atom is 0.270 e. The number of nitrogens with zero attached hydrogens (tertiary/aromatic N) is 3. The van der Waals surface area contributed by atoms with E-state index in [1.54, 1.807) is 11.3 Å². The number of thiophene rings is 1. The Balaban J connectivity index is 1.80. The minimum atomic E-state index is -0.0369. The van der Waals surface area contributed by atoms with Gasteiger partial charge in [0.25, 0.3) is 5.89 Å². The van der Waals surface area contributed by atoms with E-state index in [1.807, 2.05) is 38.3 Å². The van der Waals surface area contributed by atoms with E-state index in [0.29, 0.717) is 29.2 Å². The Bertz CT molecular complexity index is 805. The Kier molecular flexibility index (Phi) is 4.53. The molecule has 6 nitrogen and oxygen atoms in total. The Morgan fingerprint density at radius 1 is 1.39 bits per heavy atom. The highest BCUT2D eigenvalue weighted by Gasteiger charge is 2.18. The van der Waals surface area contributed by atoms with Crippen molar-refractivity contribution < 1.29 is 9.32 Å². The summed E-state index contributed by atoms with van der Waals surface area (Å²) in [6.07, 6.45) is 0.469. The molecule has 23 heavy (non-hydrogen) atoms. The molecule has 0 aliphatic carbocycles. The van der Waals surface area contributed by atoms with Crippen molar-refractivity contribution in [2.45, 2.75) is 27.2 Å². The van der Waals surface area contributed by atoms with Gasteiger partial charge in [-0.25, -0.2) is 4.98 Å². The summed E-state index contributed by atoms with van der Waals surface area (Å²) in [6, 6.07) is 3.88. The van der Waals surface area contributed by atoms with Crippen LogP contribution in [-0.4, -0.2) is 21.0 Å². The number of aromatic nitrogens is 3. The Morgan fingerprint density at radius 3 is 2.91 bits per heavy atom. The average Bonchev–Trinajstić information content (AvgIpc) is 3.16. The second kappa shape index (κ2) is 6.59. The smallest absolute Gasteiger partial charge is 0.270 e. The van der Waals surface area contributed by atoms with E-state index < -0.39 is 0 Å². The minimum Gasteiger partial charge on any atom is -0.333 e. The molecule has 0 unspecified atom stereocenters. The second-order valence-corrected chi connectivity index (χ2v) is 7.43. The molecular formula is C15H16N4O2S2. The maximum absolute atomic E-state index is 11.8. The third-order valence-corrected chi connectivity index (χ3v) is 4.93. The fraction of sp³-hybridized carbons (Fsp3) is 0.333. The standard InChI is InChI=1S/C15H16N4O2S2/c1-8(2)7-11(20)17-15-16-9(3)12(23-15)14-18-13(19-21-14)10-5-4-6-22-10/h4-6,8H,7H2,1-3H3,(H,16,17,20). The van der Waals surface area contributed by atoms with Gasteiger partial charge in [-0.1, -0.05) is 36.4 Å². The van der Waals surface area contributed by atoms with Gasteiger partial charge in [0.2, 0.25) is 11.7 Å². The number of hydrogen-bond acceptors (Lipinski definition) is 7. The number of nitrogens with one attached hydrogen (secondary N) is 1. The van der Waals surface area contributed by atoms with Crippen LogP contribution in [0.5, 0.6) is 0 Å². The van der Waals surface area contributed by atoms with Crippen molar-refractivity contribution in [2.24, 2.45) is 5.92 Å². The van der Waals surface area contributed by atoms with E-state index in [-0.39, 0.29) is 5.91 Å². The van der Waals surface area contributed by atoms with Crippen molar-refractivity contribution in [2.75, 3.05) is 5.32 Å². The Hall–Kier alpha value is -2.06. The molecule has 0 saturated carbocycles. The summed E-state index contributed by atoms with van der Waals surface area (Å²) < 4.78 is 5.34. The number of carbonyl (C=O) groups excluding carboxylic acids is 1. The molecule has 1 amide bonds. The van der Waals surface area contributed by atoms with Gasteiger partial charge < -0.3 is 9.84 Å². The van der Waals surface area contributed by atoms with Crippen molar-refractivity contribution in [3.8, 4) is 21.5 Å². The molecule has 0 spiro atoms. The average molecular weight is 348 g/mol. The SMILES string of the molecule is Cc1nc(NC(=O)CC(C)C)sc1-c1nc(-c2cccs2)no1. The number of amides is 1. The minimum absolute atomic E-state index is 0.0369. The van der Waals surface area contributed by atoms with E-state index in [9.17, 15) is 4.79 Å². The molecule has 0 atom stereocenters. The molecule has 0 saturated heterocycles. The van der Waals surface area contributed by atoms with Crippen LogP contribution in [0.3, 0.4) is 0 Å². The van der Waals surface area contributed by atoms with Gasteiger partial charge in [-0.05, 0) is 24.3 Å². The molecule has 3 aromatic rings. The van der Waals surface area contributed by atoms with Crippen molar-refractivity contribution in [3.05, 3.63) is 23.2 Å². The molecule has 120 valence electrons. The van der Waals surface area contributed by atoms with Crippen LogP contribution in [0.2, 0.25) is 0 Å². The topological polar surface area (TPSA) is 80.9 Å². The molecule has 0 fully saturated rings. The molecule has 0 aromatic carbocycles. The number of anilines is 1. The highest BCUT2D eigenvalue weighted by atomic mass is 32.1. The van der Waals surface area contributed by atoms with Gasteiger partial charge in [-0.2, -0.15) is 4.98 Å². The van der Waals surface area contributed by atoms with Crippen LogP contribution in [0.25, 0.3) is 21.5 Å². The van der Waals surface area contributed by atoms with Crippen molar-refractivity contribution in [1.82, 2.24) is 15.1 Å². The lowest BCUT2D eigenvalue weighted by Gasteiger charge is -2.03. The van der Waals surface area contributed by atoms with Crippen LogP contribution in [0.4, 0.5) is 5.13 Å². The molecule has 1 N–H and O–H groups in total. The van der Waals surface area contributed by atoms with Crippen LogP contribution in [-0.2, 0) is 4.79 Å². The van der Waals surface area contributed by atoms with Gasteiger partial charge in [0.1, 0.15) is 4.88 Å². The molecule has 8 heteroatoms. The molecule has 0 aliphatic heterocycles. The maximum atomic E-state index is 11.8. The molecule has 3 rings (SSSR count). The van der Waals surface area contributed by atoms with Gasteiger partial charge >= 0.3 is 0 Å². The summed E-state index contributed by atoms with van der Waals surface area (Å²) in [5.74, 6) is 1.26. The summed E-state index contributed by atoms with van der Waals surface area (Å²) in [5.41, 5.74) is 0.760. The van der Waals surface area contributed by atoms with Crippen LogP contribution >= 0.6 is 22.7 Å². The lowest BCUT2D eigenvalue weighted by molar-refractivity contribution is -0.116. The molecule has 3 aromatic heterocycles. The van der Waals surface area contributed by atoms with Crippen LogP contribution < -0.4 is 5.32 Å². The number of carbonyl (C=O) groups is 1. The highest BCUT2D eigenvalue weighted by molar-refractivity contribution is 7.19. The summed E-state index contributed by atoms with van der Waals surface area (Å²) in [6.45, 7) is 5.87. The zero-order valence-electron chi connectivity index (χ0n) is 13.0. The van der Waals surface area contributed by atoms with Gasteiger partial charge in [0.05, 0.1) is 10.6 Å². The van der Waals surface area contributed by atoms with Gasteiger partial charge in [-0.15, -0.1) is 11.3 Å². The zero-order chi connectivity index (χ0) is 16.4. The van der Waals surface area contributed by atoms with Crippen molar-refractivity contribution in [1.29, 1.82) is 0 Å². The largest absolute Gasteiger partial charge is 0.333 e.